The van der Waals surface area contributed by atoms with Crippen LogP contribution in [-0.2, 0) is 13.2 Å². The molecule has 1 aliphatic rings. The molecule has 0 radical (unpaired) electrons. The number of hydrogen-bond donors (Lipinski definition) is 1. The maximum atomic E-state index is 12.3. The Morgan fingerprint density at radius 3 is 1.90 bits per heavy atom. The lowest BCUT2D eigenvalue weighted by atomic mass is 10.1. The minimum atomic E-state index is -4.11. The Bertz CT molecular complexity index is 411. The molecule has 1 aromatic carbocycles. The van der Waals surface area contributed by atoms with Crippen molar-refractivity contribution in [2.45, 2.75) is 19.3 Å². The van der Waals surface area contributed by atoms with E-state index in [4.69, 9.17) is 5.11 Å². The molecule has 1 fully saturated rings. The fourth-order valence-electron chi connectivity index (χ4n) is 2.37. The molecule has 0 amide bonds. The van der Waals surface area contributed by atoms with Crippen molar-refractivity contribution in [1.29, 1.82) is 0 Å². The quantitative estimate of drug-likeness (QED) is 0.916. The fourth-order valence-corrected chi connectivity index (χ4v) is 2.37. The van der Waals surface area contributed by atoms with Gasteiger partial charge in [-0.3, -0.25) is 9.80 Å². The lowest BCUT2D eigenvalue weighted by molar-refractivity contribution is -0.149. The molecule has 20 heavy (non-hydrogen) atoms. The van der Waals surface area contributed by atoms with E-state index < -0.39 is 12.7 Å². The molecule has 0 atom stereocenters. The second kappa shape index (κ2) is 6.56. The van der Waals surface area contributed by atoms with E-state index in [1.54, 1.807) is 0 Å². The van der Waals surface area contributed by atoms with Crippen molar-refractivity contribution in [2.24, 2.45) is 0 Å². The number of halogens is 3. The molecule has 1 saturated heterocycles. The van der Waals surface area contributed by atoms with Crippen LogP contribution in [0.1, 0.15) is 11.1 Å². The van der Waals surface area contributed by atoms with Gasteiger partial charge in [-0.25, -0.2) is 0 Å². The van der Waals surface area contributed by atoms with E-state index in [9.17, 15) is 13.2 Å². The van der Waals surface area contributed by atoms with Gasteiger partial charge < -0.3 is 5.11 Å². The molecule has 0 bridgehead atoms. The normalized spacial score (nSPS) is 18.4. The molecule has 0 unspecified atom stereocenters. The van der Waals surface area contributed by atoms with Gasteiger partial charge in [0.2, 0.25) is 0 Å². The number of hydrogen-bond acceptors (Lipinski definition) is 3. The molecule has 0 aliphatic carbocycles. The zero-order chi connectivity index (χ0) is 14.6. The fraction of sp³-hybridized carbons (Fsp3) is 0.571. The summed E-state index contributed by atoms with van der Waals surface area (Å²) in [6.45, 7) is 2.16. The third-order valence-electron chi connectivity index (χ3n) is 3.48. The first kappa shape index (κ1) is 15.3. The summed E-state index contributed by atoms with van der Waals surface area (Å²) < 4.78 is 36.8. The van der Waals surface area contributed by atoms with E-state index in [-0.39, 0.29) is 6.61 Å². The molecule has 0 spiro atoms. The standard InChI is InChI=1S/C14H19F3N2O/c15-14(16,17)11-19-7-5-18(6-8-19)9-12-1-3-13(10-20)4-2-12/h1-4,20H,5-11H2. The van der Waals surface area contributed by atoms with Crippen LogP contribution in [0.3, 0.4) is 0 Å². The van der Waals surface area contributed by atoms with Gasteiger partial charge in [0.25, 0.3) is 0 Å². The minimum Gasteiger partial charge on any atom is -0.392 e. The van der Waals surface area contributed by atoms with Gasteiger partial charge in [-0.1, -0.05) is 24.3 Å². The van der Waals surface area contributed by atoms with E-state index in [0.717, 1.165) is 17.7 Å². The Morgan fingerprint density at radius 1 is 0.900 bits per heavy atom. The van der Waals surface area contributed by atoms with Gasteiger partial charge >= 0.3 is 6.18 Å². The number of benzene rings is 1. The highest BCUT2D eigenvalue weighted by Crippen LogP contribution is 2.18. The number of alkyl halides is 3. The molecule has 2 rings (SSSR count). The Labute approximate surface area is 116 Å². The van der Waals surface area contributed by atoms with Crippen LogP contribution >= 0.6 is 0 Å². The van der Waals surface area contributed by atoms with Gasteiger partial charge in [0.05, 0.1) is 13.2 Å². The van der Waals surface area contributed by atoms with E-state index in [2.05, 4.69) is 4.90 Å². The van der Waals surface area contributed by atoms with Crippen LogP contribution in [0.4, 0.5) is 13.2 Å². The van der Waals surface area contributed by atoms with Crippen molar-refractivity contribution < 1.29 is 18.3 Å². The second-order valence-electron chi connectivity index (χ2n) is 5.14. The average Bonchev–Trinajstić information content (AvgIpc) is 2.40. The Hall–Kier alpha value is -1.11. The molecule has 1 aliphatic heterocycles. The zero-order valence-electron chi connectivity index (χ0n) is 11.2. The molecule has 0 aromatic heterocycles. The van der Waals surface area contributed by atoms with Crippen LogP contribution in [0.15, 0.2) is 24.3 Å². The summed E-state index contributed by atoms with van der Waals surface area (Å²) in [6.07, 6.45) is -4.11. The number of piperazine rings is 1. The predicted octanol–water partition coefficient (Wildman–Crippen LogP) is 1.86. The van der Waals surface area contributed by atoms with Crippen LogP contribution in [0.2, 0.25) is 0 Å². The first-order valence-corrected chi connectivity index (χ1v) is 6.66. The largest absolute Gasteiger partial charge is 0.401 e. The second-order valence-corrected chi connectivity index (χ2v) is 5.14. The molecule has 1 aromatic rings. The number of aliphatic hydroxyl groups is 1. The third-order valence-corrected chi connectivity index (χ3v) is 3.48. The van der Waals surface area contributed by atoms with Crippen molar-refractivity contribution in [1.82, 2.24) is 9.80 Å². The summed E-state index contributed by atoms with van der Waals surface area (Å²) >= 11 is 0. The SMILES string of the molecule is OCc1ccc(CN2CCN(CC(F)(F)F)CC2)cc1. The zero-order valence-corrected chi connectivity index (χ0v) is 11.2. The van der Waals surface area contributed by atoms with Gasteiger partial charge in [-0.05, 0) is 11.1 Å². The summed E-state index contributed by atoms with van der Waals surface area (Å²) in [5.41, 5.74) is 1.98. The molecular weight excluding hydrogens is 269 g/mol. The first-order valence-electron chi connectivity index (χ1n) is 6.66. The van der Waals surface area contributed by atoms with Crippen LogP contribution in [-0.4, -0.2) is 53.8 Å². The molecule has 1 heterocycles. The highest BCUT2D eigenvalue weighted by Gasteiger charge is 2.31. The summed E-state index contributed by atoms with van der Waals surface area (Å²) in [5.74, 6) is 0. The van der Waals surface area contributed by atoms with Crippen LogP contribution < -0.4 is 0 Å². The maximum absolute atomic E-state index is 12.3. The monoisotopic (exact) mass is 288 g/mol. The van der Waals surface area contributed by atoms with Crippen molar-refractivity contribution in [2.75, 3.05) is 32.7 Å². The molecule has 0 saturated carbocycles. The highest BCUT2D eigenvalue weighted by atomic mass is 19.4. The maximum Gasteiger partial charge on any atom is 0.401 e. The van der Waals surface area contributed by atoms with Gasteiger partial charge in [0.15, 0.2) is 0 Å². The lowest BCUT2D eigenvalue weighted by Gasteiger charge is -2.35. The van der Waals surface area contributed by atoms with Crippen molar-refractivity contribution in [3.05, 3.63) is 35.4 Å². The Morgan fingerprint density at radius 2 is 1.40 bits per heavy atom. The molecule has 3 nitrogen and oxygen atoms in total. The summed E-state index contributed by atoms with van der Waals surface area (Å²) in [7, 11) is 0. The number of nitrogens with zero attached hydrogens (tertiary/aromatic N) is 2. The van der Waals surface area contributed by atoms with E-state index in [1.807, 2.05) is 24.3 Å². The number of aliphatic hydroxyl groups excluding tert-OH is 1. The lowest BCUT2D eigenvalue weighted by Crippen LogP contribution is -2.48. The molecule has 6 heteroatoms. The highest BCUT2D eigenvalue weighted by molar-refractivity contribution is 5.21. The summed E-state index contributed by atoms with van der Waals surface area (Å²) in [6, 6.07) is 7.64. The first-order chi connectivity index (χ1) is 9.46. The van der Waals surface area contributed by atoms with Gasteiger partial charge in [-0.2, -0.15) is 13.2 Å². The van der Waals surface area contributed by atoms with Crippen LogP contribution in [0.25, 0.3) is 0 Å². The van der Waals surface area contributed by atoms with E-state index >= 15 is 0 Å². The molecule has 1 N–H and O–H groups in total. The Kier molecular flexibility index (Phi) is 5.01. The van der Waals surface area contributed by atoms with Crippen molar-refractivity contribution >= 4 is 0 Å². The van der Waals surface area contributed by atoms with Gasteiger partial charge in [0, 0.05) is 32.7 Å². The smallest absolute Gasteiger partial charge is 0.392 e. The van der Waals surface area contributed by atoms with Gasteiger partial charge in [0.1, 0.15) is 0 Å². The molecular formula is C14H19F3N2O. The molecule has 112 valence electrons. The van der Waals surface area contributed by atoms with Gasteiger partial charge in [-0.15, -0.1) is 0 Å². The summed E-state index contributed by atoms with van der Waals surface area (Å²) in [5, 5.41) is 8.96. The van der Waals surface area contributed by atoms with Crippen LogP contribution in [0.5, 0.6) is 0 Å². The summed E-state index contributed by atoms with van der Waals surface area (Å²) in [4.78, 5) is 3.60. The number of rotatable bonds is 4. The van der Waals surface area contributed by atoms with Crippen LogP contribution in [0, 0.1) is 0 Å². The predicted molar refractivity (Wildman–Crippen MR) is 70.1 cm³/mol. The van der Waals surface area contributed by atoms with E-state index in [0.29, 0.717) is 26.2 Å². The van der Waals surface area contributed by atoms with Crippen molar-refractivity contribution in [3.63, 3.8) is 0 Å². The minimum absolute atomic E-state index is 0.0242. The Balaban J connectivity index is 1.79. The van der Waals surface area contributed by atoms with Crippen molar-refractivity contribution in [3.8, 4) is 0 Å². The third kappa shape index (κ3) is 4.77. The average molecular weight is 288 g/mol. The van der Waals surface area contributed by atoms with E-state index in [1.165, 1.54) is 4.90 Å². The topological polar surface area (TPSA) is 26.7 Å².